The molecule has 0 radical (unpaired) electrons. The van der Waals surface area contributed by atoms with Crippen molar-refractivity contribution in [3.63, 3.8) is 0 Å². The Hall–Kier alpha value is -1.83. The second-order valence-electron chi connectivity index (χ2n) is 4.45. The summed E-state index contributed by atoms with van der Waals surface area (Å²) in [5.41, 5.74) is 2.56. The van der Waals surface area contributed by atoms with Crippen LogP contribution in [-0.2, 0) is 10.0 Å². The van der Waals surface area contributed by atoms with Crippen LogP contribution in [0.15, 0.2) is 48.5 Å². The van der Waals surface area contributed by atoms with Gasteiger partial charge in [-0.25, -0.2) is 8.42 Å². The highest BCUT2D eigenvalue weighted by atomic mass is 32.2. The quantitative estimate of drug-likeness (QED) is 0.712. The summed E-state index contributed by atoms with van der Waals surface area (Å²) in [4.78, 5) is 0. The molecule has 0 heterocycles. The van der Waals surface area contributed by atoms with Gasteiger partial charge in [0.1, 0.15) is 0 Å². The van der Waals surface area contributed by atoms with Crippen LogP contribution in [-0.4, -0.2) is 31.8 Å². The molecule has 0 aromatic heterocycles. The highest BCUT2D eigenvalue weighted by Gasteiger charge is 2.11. The Balaban J connectivity index is 2.28. The minimum absolute atomic E-state index is 0.404. The molecule has 0 unspecified atom stereocenters. The van der Waals surface area contributed by atoms with Crippen LogP contribution >= 0.6 is 0 Å². The van der Waals surface area contributed by atoms with Gasteiger partial charge in [0.25, 0.3) is 0 Å². The average molecular weight is 291 g/mol. The average Bonchev–Trinajstić information content (AvgIpc) is 2.38. The highest BCUT2D eigenvalue weighted by molar-refractivity contribution is 7.92. The maximum atomic E-state index is 11.1. The number of benzene rings is 2. The topological polar surface area (TPSA) is 86.6 Å². The van der Waals surface area contributed by atoms with E-state index in [4.69, 9.17) is 10.0 Å². The van der Waals surface area contributed by atoms with Crippen LogP contribution in [0.5, 0.6) is 0 Å². The van der Waals surface area contributed by atoms with Crippen molar-refractivity contribution in [1.29, 1.82) is 0 Å². The van der Waals surface area contributed by atoms with Crippen molar-refractivity contribution in [3.8, 4) is 11.1 Å². The van der Waals surface area contributed by atoms with Crippen molar-refractivity contribution in [3.05, 3.63) is 48.5 Å². The first-order chi connectivity index (χ1) is 9.35. The summed E-state index contributed by atoms with van der Waals surface area (Å²) in [6.07, 6.45) is 1.09. The van der Waals surface area contributed by atoms with E-state index in [2.05, 4.69) is 4.72 Å². The minimum Gasteiger partial charge on any atom is -0.423 e. The number of rotatable bonds is 4. The molecule has 3 N–H and O–H groups in total. The zero-order valence-corrected chi connectivity index (χ0v) is 11.6. The maximum Gasteiger partial charge on any atom is 0.488 e. The summed E-state index contributed by atoms with van der Waals surface area (Å²) < 4.78 is 24.6. The molecule has 0 atom stereocenters. The molecule has 2 aromatic carbocycles. The van der Waals surface area contributed by atoms with E-state index in [0.29, 0.717) is 11.2 Å². The van der Waals surface area contributed by atoms with E-state index in [1.807, 2.05) is 6.07 Å². The Morgan fingerprint density at radius 2 is 1.65 bits per heavy atom. The van der Waals surface area contributed by atoms with Crippen LogP contribution in [0.1, 0.15) is 0 Å². The molecule has 2 aromatic rings. The van der Waals surface area contributed by atoms with Crippen molar-refractivity contribution in [2.24, 2.45) is 0 Å². The van der Waals surface area contributed by atoms with E-state index >= 15 is 0 Å². The maximum absolute atomic E-state index is 11.1. The van der Waals surface area contributed by atoms with Gasteiger partial charge in [-0.2, -0.15) is 0 Å². The molecule has 2 rings (SSSR count). The van der Waals surface area contributed by atoms with Crippen molar-refractivity contribution < 1.29 is 18.5 Å². The van der Waals surface area contributed by atoms with Crippen molar-refractivity contribution in [2.45, 2.75) is 0 Å². The second kappa shape index (κ2) is 5.66. The third-order valence-electron chi connectivity index (χ3n) is 2.71. The molecule has 104 valence electrons. The van der Waals surface area contributed by atoms with Crippen molar-refractivity contribution in [2.75, 3.05) is 11.0 Å². The fourth-order valence-electron chi connectivity index (χ4n) is 1.82. The molecular formula is C13H14BNO4S. The molecule has 0 aliphatic heterocycles. The van der Waals surface area contributed by atoms with E-state index in [-0.39, 0.29) is 0 Å². The molecule has 5 nitrogen and oxygen atoms in total. The molecule has 0 saturated carbocycles. The second-order valence-corrected chi connectivity index (χ2v) is 6.20. The van der Waals surface area contributed by atoms with Crippen LogP contribution in [0.25, 0.3) is 11.1 Å². The number of sulfonamides is 1. The van der Waals surface area contributed by atoms with E-state index in [0.717, 1.165) is 17.4 Å². The third kappa shape index (κ3) is 3.83. The molecule has 0 aliphatic rings. The van der Waals surface area contributed by atoms with Gasteiger partial charge in [0.15, 0.2) is 0 Å². The van der Waals surface area contributed by atoms with Gasteiger partial charge in [-0.1, -0.05) is 36.4 Å². The molecular weight excluding hydrogens is 277 g/mol. The predicted molar refractivity (Wildman–Crippen MR) is 80.2 cm³/mol. The Morgan fingerprint density at radius 1 is 1.00 bits per heavy atom. The standard InChI is InChI=1S/C13H14BNO4S/c1-20(18,19)15-13-7-5-10(6-8-13)11-3-2-4-12(9-11)14(16)17/h2-9,15-17H,1H3. The lowest BCUT2D eigenvalue weighted by atomic mass is 9.79. The van der Waals surface area contributed by atoms with Crippen LogP contribution < -0.4 is 10.2 Å². The fourth-order valence-corrected chi connectivity index (χ4v) is 2.39. The van der Waals surface area contributed by atoms with Gasteiger partial charge >= 0.3 is 7.12 Å². The summed E-state index contributed by atoms with van der Waals surface area (Å²) in [7, 11) is -4.80. The molecule has 0 aliphatic carbocycles. The zero-order chi connectivity index (χ0) is 14.8. The zero-order valence-electron chi connectivity index (χ0n) is 10.8. The molecule has 20 heavy (non-hydrogen) atoms. The first kappa shape index (κ1) is 14.6. The first-order valence-corrected chi connectivity index (χ1v) is 7.78. The summed E-state index contributed by atoms with van der Waals surface area (Å²) in [5.74, 6) is 0. The highest BCUT2D eigenvalue weighted by Crippen LogP contribution is 2.21. The summed E-state index contributed by atoms with van der Waals surface area (Å²) in [5, 5.41) is 18.3. The van der Waals surface area contributed by atoms with Crippen LogP contribution in [0.2, 0.25) is 0 Å². The molecule has 0 spiro atoms. The first-order valence-electron chi connectivity index (χ1n) is 5.89. The van der Waals surface area contributed by atoms with Gasteiger partial charge in [-0.3, -0.25) is 4.72 Å². The Morgan fingerprint density at radius 3 is 2.20 bits per heavy atom. The number of anilines is 1. The van der Waals surface area contributed by atoms with Gasteiger partial charge in [0.05, 0.1) is 6.26 Å². The smallest absolute Gasteiger partial charge is 0.423 e. The van der Waals surface area contributed by atoms with E-state index in [1.54, 1.807) is 42.5 Å². The van der Waals surface area contributed by atoms with Crippen molar-refractivity contribution in [1.82, 2.24) is 0 Å². The SMILES string of the molecule is CS(=O)(=O)Nc1ccc(-c2cccc(B(O)O)c2)cc1. The van der Waals surface area contributed by atoms with E-state index in [1.165, 1.54) is 0 Å². The summed E-state index contributed by atoms with van der Waals surface area (Å²) in [6, 6.07) is 13.7. The van der Waals surface area contributed by atoms with Gasteiger partial charge in [-0.15, -0.1) is 0 Å². The number of nitrogens with one attached hydrogen (secondary N) is 1. The van der Waals surface area contributed by atoms with E-state index in [9.17, 15) is 8.42 Å². The lowest BCUT2D eigenvalue weighted by Crippen LogP contribution is -2.29. The summed E-state index contributed by atoms with van der Waals surface area (Å²) >= 11 is 0. The minimum atomic E-state index is -3.29. The van der Waals surface area contributed by atoms with Crippen LogP contribution in [0.4, 0.5) is 5.69 Å². The van der Waals surface area contributed by atoms with Crippen LogP contribution in [0, 0.1) is 0 Å². The van der Waals surface area contributed by atoms with Gasteiger partial charge in [0, 0.05) is 5.69 Å². The molecule has 7 heteroatoms. The third-order valence-corrected chi connectivity index (χ3v) is 3.31. The predicted octanol–water partition coefficient (Wildman–Crippen LogP) is 0.405. The van der Waals surface area contributed by atoms with Crippen LogP contribution in [0.3, 0.4) is 0 Å². The monoisotopic (exact) mass is 291 g/mol. The lowest BCUT2D eigenvalue weighted by Gasteiger charge is -2.07. The molecule has 0 saturated heterocycles. The van der Waals surface area contributed by atoms with Gasteiger partial charge in [-0.05, 0) is 28.7 Å². The van der Waals surface area contributed by atoms with Gasteiger partial charge in [0.2, 0.25) is 10.0 Å². The molecule has 0 amide bonds. The Bertz CT molecular complexity index is 699. The normalized spacial score (nSPS) is 11.2. The largest absolute Gasteiger partial charge is 0.488 e. The fraction of sp³-hybridized carbons (Fsp3) is 0.0769. The number of hydrogen-bond acceptors (Lipinski definition) is 4. The Labute approximate surface area is 118 Å². The lowest BCUT2D eigenvalue weighted by molar-refractivity contribution is 0.426. The molecule has 0 fully saturated rings. The summed E-state index contributed by atoms with van der Waals surface area (Å²) in [6.45, 7) is 0. The van der Waals surface area contributed by atoms with E-state index < -0.39 is 17.1 Å². The van der Waals surface area contributed by atoms with Gasteiger partial charge < -0.3 is 10.0 Å². The van der Waals surface area contributed by atoms with Crippen molar-refractivity contribution >= 4 is 28.3 Å². The molecule has 0 bridgehead atoms. The number of hydrogen-bond donors (Lipinski definition) is 3. The Kier molecular flexibility index (Phi) is 4.13.